The molecule has 1 aromatic rings. The molecule has 0 spiro atoms. The first-order valence-corrected chi connectivity index (χ1v) is 7.82. The van der Waals surface area contributed by atoms with Crippen molar-refractivity contribution >= 4 is 12.0 Å². The van der Waals surface area contributed by atoms with Gasteiger partial charge >= 0.3 is 12.3 Å². The van der Waals surface area contributed by atoms with Crippen LogP contribution in [0, 0.1) is 0 Å². The van der Waals surface area contributed by atoms with Crippen molar-refractivity contribution in [2.45, 2.75) is 25.1 Å². The Bertz CT molecular complexity index is 621. The van der Waals surface area contributed by atoms with Gasteiger partial charge in [0.25, 0.3) is 5.91 Å². The van der Waals surface area contributed by atoms with E-state index in [4.69, 9.17) is 4.74 Å². The van der Waals surface area contributed by atoms with E-state index in [1.807, 2.05) is 0 Å². The summed E-state index contributed by atoms with van der Waals surface area (Å²) in [5.74, 6) is -0.429. The SMILES string of the molecule is C=CCOC(=O)N1CCC(NC(=O)c2ccc(C(F)(F)F)cc2)CC1. The molecule has 0 aromatic heterocycles. The first-order valence-electron chi connectivity index (χ1n) is 7.82. The van der Waals surface area contributed by atoms with Crippen LogP contribution in [0.25, 0.3) is 0 Å². The molecule has 0 atom stereocenters. The predicted molar refractivity (Wildman–Crippen MR) is 85.1 cm³/mol. The van der Waals surface area contributed by atoms with Crippen molar-refractivity contribution in [2.24, 2.45) is 0 Å². The Hall–Kier alpha value is -2.51. The maximum atomic E-state index is 12.5. The van der Waals surface area contributed by atoms with Crippen LogP contribution in [0.4, 0.5) is 18.0 Å². The van der Waals surface area contributed by atoms with E-state index in [0.717, 1.165) is 24.3 Å². The molecule has 1 heterocycles. The third-order valence-electron chi connectivity index (χ3n) is 3.89. The zero-order chi connectivity index (χ0) is 18.4. The first-order chi connectivity index (χ1) is 11.8. The molecule has 5 nitrogen and oxygen atoms in total. The highest BCUT2D eigenvalue weighted by Crippen LogP contribution is 2.29. The summed E-state index contributed by atoms with van der Waals surface area (Å²) in [6.45, 7) is 4.48. The fourth-order valence-corrected chi connectivity index (χ4v) is 2.51. The Morgan fingerprint density at radius 2 is 1.84 bits per heavy atom. The van der Waals surface area contributed by atoms with Crippen molar-refractivity contribution in [3.8, 4) is 0 Å². The van der Waals surface area contributed by atoms with Gasteiger partial charge in [0.2, 0.25) is 0 Å². The van der Waals surface area contributed by atoms with Gasteiger partial charge in [-0.15, -0.1) is 0 Å². The molecule has 0 unspecified atom stereocenters. The van der Waals surface area contributed by atoms with Crippen molar-refractivity contribution < 1.29 is 27.5 Å². The molecule has 1 aromatic carbocycles. The first kappa shape index (κ1) is 18.8. The van der Waals surface area contributed by atoms with Gasteiger partial charge in [0.1, 0.15) is 6.61 Å². The van der Waals surface area contributed by atoms with Crippen LogP contribution in [0.5, 0.6) is 0 Å². The number of halogens is 3. The molecule has 0 aliphatic carbocycles. The number of hydrogen-bond donors (Lipinski definition) is 1. The van der Waals surface area contributed by atoms with Crippen LogP contribution in [-0.2, 0) is 10.9 Å². The summed E-state index contributed by atoms with van der Waals surface area (Å²) < 4.78 is 42.5. The van der Waals surface area contributed by atoms with Crippen LogP contribution in [0.15, 0.2) is 36.9 Å². The normalized spacial score (nSPS) is 15.6. The lowest BCUT2D eigenvalue weighted by molar-refractivity contribution is -0.137. The minimum Gasteiger partial charge on any atom is -0.445 e. The Morgan fingerprint density at radius 3 is 2.36 bits per heavy atom. The molecule has 1 N–H and O–H groups in total. The van der Waals surface area contributed by atoms with E-state index in [9.17, 15) is 22.8 Å². The summed E-state index contributed by atoms with van der Waals surface area (Å²) in [5, 5.41) is 2.78. The lowest BCUT2D eigenvalue weighted by Gasteiger charge is -2.31. The molecular weight excluding hydrogens is 337 g/mol. The quantitative estimate of drug-likeness (QED) is 0.843. The summed E-state index contributed by atoms with van der Waals surface area (Å²) in [4.78, 5) is 25.4. The Morgan fingerprint density at radius 1 is 1.24 bits per heavy atom. The zero-order valence-electron chi connectivity index (χ0n) is 13.5. The van der Waals surface area contributed by atoms with Gasteiger partial charge in [0.05, 0.1) is 5.56 Å². The second-order valence-electron chi connectivity index (χ2n) is 5.68. The molecular formula is C17H19F3N2O3. The largest absolute Gasteiger partial charge is 0.445 e. The Kier molecular flexibility index (Phi) is 6.06. The number of carbonyl (C=O) groups excluding carboxylic acids is 2. The standard InChI is InChI=1S/C17H19F3N2O3/c1-2-11-25-16(24)22-9-7-14(8-10-22)21-15(23)12-3-5-13(6-4-12)17(18,19)20/h2-6,14H,1,7-11H2,(H,21,23). The van der Waals surface area contributed by atoms with E-state index in [0.29, 0.717) is 25.9 Å². The van der Waals surface area contributed by atoms with Gasteiger partial charge in [-0.1, -0.05) is 12.7 Å². The second-order valence-corrected chi connectivity index (χ2v) is 5.68. The Labute approximate surface area is 143 Å². The fourth-order valence-electron chi connectivity index (χ4n) is 2.51. The van der Waals surface area contributed by atoms with Crippen LogP contribution >= 0.6 is 0 Å². The number of nitrogens with one attached hydrogen (secondary N) is 1. The number of hydrogen-bond acceptors (Lipinski definition) is 3. The number of amides is 2. The molecule has 8 heteroatoms. The smallest absolute Gasteiger partial charge is 0.416 e. The number of benzene rings is 1. The van der Waals surface area contributed by atoms with Crippen LogP contribution in [0.2, 0.25) is 0 Å². The molecule has 1 saturated heterocycles. The summed E-state index contributed by atoms with van der Waals surface area (Å²) in [5.41, 5.74) is -0.629. The van der Waals surface area contributed by atoms with E-state index in [2.05, 4.69) is 11.9 Å². The summed E-state index contributed by atoms with van der Waals surface area (Å²) in [6.07, 6.45) is -2.27. The number of nitrogens with zero attached hydrogens (tertiary/aromatic N) is 1. The van der Waals surface area contributed by atoms with E-state index in [-0.39, 0.29) is 18.2 Å². The van der Waals surface area contributed by atoms with Crippen LogP contribution in [-0.4, -0.2) is 42.6 Å². The van der Waals surface area contributed by atoms with E-state index < -0.39 is 23.7 Å². The molecule has 0 radical (unpaired) electrons. The van der Waals surface area contributed by atoms with Gasteiger partial charge in [-0.3, -0.25) is 4.79 Å². The van der Waals surface area contributed by atoms with Crippen LogP contribution in [0.1, 0.15) is 28.8 Å². The minimum atomic E-state index is -4.43. The molecule has 136 valence electrons. The van der Waals surface area contributed by atoms with Crippen molar-refractivity contribution in [3.05, 3.63) is 48.0 Å². The fraction of sp³-hybridized carbons (Fsp3) is 0.412. The van der Waals surface area contributed by atoms with Crippen LogP contribution < -0.4 is 5.32 Å². The lowest BCUT2D eigenvalue weighted by atomic mass is 10.0. The van der Waals surface area contributed by atoms with Gasteiger partial charge in [0, 0.05) is 24.7 Å². The van der Waals surface area contributed by atoms with Gasteiger partial charge in [-0.2, -0.15) is 13.2 Å². The summed E-state index contributed by atoms with van der Waals surface area (Å²) in [7, 11) is 0. The monoisotopic (exact) mass is 356 g/mol. The number of alkyl halides is 3. The number of ether oxygens (including phenoxy) is 1. The third-order valence-corrected chi connectivity index (χ3v) is 3.89. The average molecular weight is 356 g/mol. The third kappa shape index (κ3) is 5.23. The van der Waals surface area contributed by atoms with Gasteiger partial charge in [0.15, 0.2) is 0 Å². The van der Waals surface area contributed by atoms with Crippen molar-refractivity contribution in [1.29, 1.82) is 0 Å². The molecule has 0 bridgehead atoms. The van der Waals surface area contributed by atoms with Gasteiger partial charge < -0.3 is 15.0 Å². The van der Waals surface area contributed by atoms with Crippen molar-refractivity contribution in [1.82, 2.24) is 10.2 Å². The lowest BCUT2D eigenvalue weighted by Crippen LogP contribution is -2.46. The second kappa shape index (κ2) is 8.04. The molecule has 1 aliphatic rings. The van der Waals surface area contributed by atoms with E-state index >= 15 is 0 Å². The zero-order valence-corrected chi connectivity index (χ0v) is 13.5. The van der Waals surface area contributed by atoms with Crippen molar-refractivity contribution in [3.63, 3.8) is 0 Å². The van der Waals surface area contributed by atoms with Gasteiger partial charge in [-0.05, 0) is 37.1 Å². The number of likely N-dealkylation sites (tertiary alicyclic amines) is 1. The molecule has 2 amide bonds. The van der Waals surface area contributed by atoms with E-state index in [1.54, 1.807) is 4.90 Å². The number of piperidine rings is 1. The predicted octanol–water partition coefficient (Wildman–Crippen LogP) is 3.22. The molecule has 1 fully saturated rings. The Balaban J connectivity index is 1.84. The van der Waals surface area contributed by atoms with E-state index in [1.165, 1.54) is 6.08 Å². The van der Waals surface area contributed by atoms with Crippen LogP contribution in [0.3, 0.4) is 0 Å². The summed E-state index contributed by atoms with van der Waals surface area (Å²) in [6, 6.07) is 3.93. The molecule has 1 aliphatic heterocycles. The molecule has 0 saturated carbocycles. The molecule has 25 heavy (non-hydrogen) atoms. The summed E-state index contributed by atoms with van der Waals surface area (Å²) >= 11 is 0. The number of rotatable bonds is 4. The van der Waals surface area contributed by atoms with Crippen molar-refractivity contribution in [2.75, 3.05) is 19.7 Å². The average Bonchev–Trinajstić information content (AvgIpc) is 2.59. The highest BCUT2D eigenvalue weighted by molar-refractivity contribution is 5.94. The van der Waals surface area contributed by atoms with Gasteiger partial charge in [-0.25, -0.2) is 4.79 Å². The minimum absolute atomic E-state index is 0.141. The maximum absolute atomic E-state index is 12.5. The molecule has 2 rings (SSSR count). The highest BCUT2D eigenvalue weighted by atomic mass is 19.4. The topological polar surface area (TPSA) is 58.6 Å². The maximum Gasteiger partial charge on any atom is 0.416 e. The highest BCUT2D eigenvalue weighted by Gasteiger charge is 2.30. The number of carbonyl (C=O) groups is 2.